The maximum Gasteiger partial charge on any atom is 0.313 e. The van der Waals surface area contributed by atoms with Gasteiger partial charge in [0.05, 0.1) is 13.3 Å². The predicted molar refractivity (Wildman–Crippen MR) is 111 cm³/mol. The number of benzene rings is 2. The number of ketones is 1. The first-order valence-corrected chi connectivity index (χ1v) is 11.3. The van der Waals surface area contributed by atoms with E-state index < -0.39 is 31.7 Å². The van der Waals surface area contributed by atoms with E-state index in [1.165, 1.54) is 6.07 Å². The van der Waals surface area contributed by atoms with Crippen LogP contribution in [-0.4, -0.2) is 36.1 Å². The second-order valence-corrected chi connectivity index (χ2v) is 9.80. The molecule has 2 rings (SSSR count). The maximum atomic E-state index is 13.7. The number of aryl methyl sites for hydroxylation is 3. The molecule has 0 radical (unpaired) electrons. The molecule has 5 nitrogen and oxygen atoms in total. The Morgan fingerprint density at radius 2 is 1.79 bits per heavy atom. The molecule has 0 aliphatic heterocycles. The van der Waals surface area contributed by atoms with Gasteiger partial charge in [0.1, 0.15) is 12.2 Å². The van der Waals surface area contributed by atoms with Crippen LogP contribution in [0.5, 0.6) is 0 Å². The van der Waals surface area contributed by atoms with Crippen LogP contribution in [-0.2, 0) is 25.3 Å². The summed E-state index contributed by atoms with van der Waals surface area (Å²) in [5, 5.41) is 0. The number of hydrogen-bond acceptors (Lipinski definition) is 4. The Kier molecular flexibility index (Phi) is 7.50. The molecular formula is C22H26FO5P. The second-order valence-electron chi connectivity index (χ2n) is 7.34. The summed E-state index contributed by atoms with van der Waals surface area (Å²) in [6.07, 6.45) is -0.864. The first-order chi connectivity index (χ1) is 13.5. The van der Waals surface area contributed by atoms with E-state index >= 15 is 0 Å². The van der Waals surface area contributed by atoms with Crippen molar-refractivity contribution in [2.24, 2.45) is 0 Å². The minimum Gasteiger partial charge on any atom is -0.469 e. The standard InChI is InChI=1S/C22H26FO5P/c1-14-9-15(2)19(20(10-14)17-5-6-21(23)16(3)11-17)7-8-29(26,27)13-18(24)12-22(25)28-4/h5-6,9-11H,7-8,12-13H2,1-4H3,(H,26,27). The number of methoxy groups -OCH3 is 1. The molecule has 0 aliphatic carbocycles. The van der Waals surface area contributed by atoms with Gasteiger partial charge in [0.2, 0.25) is 7.37 Å². The molecule has 0 fully saturated rings. The van der Waals surface area contributed by atoms with Gasteiger partial charge < -0.3 is 9.63 Å². The average molecular weight is 420 g/mol. The van der Waals surface area contributed by atoms with Crippen molar-refractivity contribution in [2.45, 2.75) is 33.6 Å². The SMILES string of the molecule is COC(=O)CC(=O)CP(=O)(O)CCc1c(C)cc(C)cc1-c1ccc(F)c(C)c1. The number of halogens is 1. The fourth-order valence-corrected chi connectivity index (χ4v) is 4.72. The third-order valence-corrected chi connectivity index (χ3v) is 6.56. The Balaban J connectivity index is 2.26. The van der Waals surface area contributed by atoms with Crippen LogP contribution >= 0.6 is 7.37 Å². The van der Waals surface area contributed by atoms with Gasteiger partial charge in [-0.3, -0.25) is 14.2 Å². The van der Waals surface area contributed by atoms with E-state index in [-0.39, 0.29) is 18.4 Å². The first kappa shape index (κ1) is 23.0. The number of ether oxygens (including phenoxy) is 1. The summed E-state index contributed by atoms with van der Waals surface area (Å²) < 4.78 is 30.6. The van der Waals surface area contributed by atoms with Crippen LogP contribution < -0.4 is 0 Å². The zero-order valence-corrected chi connectivity index (χ0v) is 18.0. The molecule has 0 aliphatic rings. The summed E-state index contributed by atoms with van der Waals surface area (Å²) in [5.74, 6) is -1.63. The molecular weight excluding hydrogens is 394 g/mol. The number of rotatable bonds is 8. The van der Waals surface area contributed by atoms with Gasteiger partial charge in [-0.05, 0) is 67.1 Å². The smallest absolute Gasteiger partial charge is 0.313 e. The third kappa shape index (κ3) is 6.34. The van der Waals surface area contributed by atoms with Crippen molar-refractivity contribution in [3.05, 3.63) is 58.4 Å². The van der Waals surface area contributed by atoms with Crippen molar-refractivity contribution >= 4 is 19.1 Å². The van der Waals surface area contributed by atoms with Gasteiger partial charge in [0, 0.05) is 6.16 Å². The zero-order chi connectivity index (χ0) is 21.8. The Hall–Kier alpha value is -2.30. The third-order valence-electron chi connectivity index (χ3n) is 4.79. The van der Waals surface area contributed by atoms with Crippen LogP contribution in [0.1, 0.15) is 28.7 Å². The van der Waals surface area contributed by atoms with Gasteiger partial charge in [-0.1, -0.05) is 23.8 Å². The van der Waals surface area contributed by atoms with E-state index in [1.807, 2.05) is 26.0 Å². The van der Waals surface area contributed by atoms with E-state index in [4.69, 9.17) is 0 Å². The highest BCUT2D eigenvalue weighted by Crippen LogP contribution is 2.42. The fourth-order valence-electron chi connectivity index (χ4n) is 3.33. The van der Waals surface area contributed by atoms with E-state index in [0.717, 1.165) is 34.9 Å². The molecule has 156 valence electrons. The highest BCUT2D eigenvalue weighted by Gasteiger charge is 2.25. The van der Waals surface area contributed by atoms with E-state index in [1.54, 1.807) is 19.1 Å². The highest BCUT2D eigenvalue weighted by molar-refractivity contribution is 7.59. The number of esters is 1. The Bertz CT molecular complexity index is 983. The lowest BCUT2D eigenvalue weighted by molar-refractivity contribution is -0.142. The van der Waals surface area contributed by atoms with Gasteiger partial charge in [-0.15, -0.1) is 0 Å². The lowest BCUT2D eigenvalue weighted by Gasteiger charge is -2.17. The molecule has 7 heteroatoms. The molecule has 0 bridgehead atoms. The van der Waals surface area contributed by atoms with Crippen molar-refractivity contribution in [1.29, 1.82) is 0 Å². The Labute approximate surface area is 170 Å². The summed E-state index contributed by atoms with van der Waals surface area (Å²) in [6, 6.07) is 8.82. The minimum absolute atomic E-state index is 0.0863. The molecule has 1 N–H and O–H groups in total. The molecule has 2 aromatic rings. The van der Waals surface area contributed by atoms with Gasteiger partial charge in [-0.2, -0.15) is 0 Å². The molecule has 29 heavy (non-hydrogen) atoms. The van der Waals surface area contributed by atoms with Crippen LogP contribution in [0.4, 0.5) is 4.39 Å². The normalized spacial score (nSPS) is 13.0. The summed E-state index contributed by atoms with van der Waals surface area (Å²) in [7, 11) is -2.60. The molecule has 0 spiro atoms. The van der Waals surface area contributed by atoms with Crippen molar-refractivity contribution in [1.82, 2.24) is 0 Å². The molecule has 0 heterocycles. The van der Waals surface area contributed by atoms with Crippen LogP contribution in [0.2, 0.25) is 0 Å². The van der Waals surface area contributed by atoms with Gasteiger partial charge in [-0.25, -0.2) is 4.39 Å². The molecule has 2 aromatic carbocycles. The molecule has 0 amide bonds. The monoisotopic (exact) mass is 420 g/mol. The van der Waals surface area contributed by atoms with Crippen molar-refractivity contribution in [3.63, 3.8) is 0 Å². The fraction of sp³-hybridized carbons (Fsp3) is 0.364. The van der Waals surface area contributed by atoms with E-state index in [0.29, 0.717) is 5.56 Å². The minimum atomic E-state index is -3.76. The molecule has 0 saturated heterocycles. The second kappa shape index (κ2) is 9.47. The van der Waals surface area contributed by atoms with E-state index in [9.17, 15) is 23.4 Å². The van der Waals surface area contributed by atoms with E-state index in [2.05, 4.69) is 4.74 Å². The van der Waals surface area contributed by atoms with Crippen molar-refractivity contribution < 1.29 is 28.2 Å². The van der Waals surface area contributed by atoms with Crippen molar-refractivity contribution in [3.8, 4) is 11.1 Å². The maximum absolute atomic E-state index is 13.7. The zero-order valence-electron chi connectivity index (χ0n) is 17.1. The summed E-state index contributed by atoms with van der Waals surface area (Å²) in [5.41, 5.74) is 5.11. The topological polar surface area (TPSA) is 80.7 Å². The van der Waals surface area contributed by atoms with Crippen LogP contribution in [0.25, 0.3) is 11.1 Å². The number of carbonyl (C=O) groups excluding carboxylic acids is 2. The van der Waals surface area contributed by atoms with Gasteiger partial charge in [0.25, 0.3) is 0 Å². The quantitative estimate of drug-likeness (QED) is 0.390. The molecule has 0 saturated carbocycles. The Morgan fingerprint density at radius 3 is 2.41 bits per heavy atom. The van der Waals surface area contributed by atoms with Crippen molar-refractivity contribution in [2.75, 3.05) is 19.4 Å². The Morgan fingerprint density at radius 1 is 1.10 bits per heavy atom. The van der Waals surface area contributed by atoms with Gasteiger partial charge >= 0.3 is 5.97 Å². The average Bonchev–Trinajstić information content (AvgIpc) is 2.61. The van der Waals surface area contributed by atoms with Crippen LogP contribution in [0.3, 0.4) is 0 Å². The number of Topliss-reactive ketones (excluding diaryl/α,β-unsaturated/α-hetero) is 1. The molecule has 1 atom stereocenters. The van der Waals surface area contributed by atoms with Crippen LogP contribution in [0.15, 0.2) is 30.3 Å². The molecule has 0 aromatic heterocycles. The predicted octanol–water partition coefficient (Wildman–Crippen LogP) is 4.36. The van der Waals surface area contributed by atoms with Gasteiger partial charge in [0.15, 0.2) is 5.78 Å². The number of hydrogen-bond donors (Lipinski definition) is 1. The summed E-state index contributed by atoms with van der Waals surface area (Å²) in [6.45, 7) is 5.57. The summed E-state index contributed by atoms with van der Waals surface area (Å²) >= 11 is 0. The molecule has 1 unspecified atom stereocenters. The highest BCUT2D eigenvalue weighted by atomic mass is 31.2. The largest absolute Gasteiger partial charge is 0.469 e. The van der Waals surface area contributed by atoms with Crippen LogP contribution in [0, 0.1) is 26.6 Å². The lowest BCUT2D eigenvalue weighted by Crippen LogP contribution is -2.14. The first-order valence-electron chi connectivity index (χ1n) is 9.28. The number of carbonyl (C=O) groups is 2. The summed E-state index contributed by atoms with van der Waals surface area (Å²) in [4.78, 5) is 33.3. The lowest BCUT2D eigenvalue weighted by atomic mass is 9.91.